The van der Waals surface area contributed by atoms with Crippen LogP contribution in [0, 0.1) is 13.8 Å². The molecule has 0 saturated carbocycles. The molecular formula is C14H18N4. The fraction of sp³-hybridized carbons (Fsp3) is 0.429. The third kappa shape index (κ3) is 2.29. The van der Waals surface area contributed by atoms with Gasteiger partial charge in [-0.05, 0) is 25.5 Å². The minimum absolute atomic E-state index is 0.962. The summed E-state index contributed by atoms with van der Waals surface area (Å²) in [4.78, 5) is 14.6. The Hall–Kier alpha value is -1.68. The molecule has 0 amide bonds. The van der Waals surface area contributed by atoms with Gasteiger partial charge in [-0.2, -0.15) is 0 Å². The summed E-state index contributed by atoms with van der Waals surface area (Å²) in [5.41, 5.74) is 4.87. The third-order valence-corrected chi connectivity index (χ3v) is 3.41. The molecule has 2 aromatic heterocycles. The second-order valence-corrected chi connectivity index (χ2v) is 5.02. The van der Waals surface area contributed by atoms with Gasteiger partial charge in [-0.3, -0.25) is 9.88 Å². The van der Waals surface area contributed by atoms with Gasteiger partial charge in [0.2, 0.25) is 0 Å². The molecular weight excluding hydrogens is 224 g/mol. The molecule has 0 aromatic carbocycles. The zero-order valence-electron chi connectivity index (χ0n) is 10.9. The van der Waals surface area contributed by atoms with Crippen molar-refractivity contribution in [3.63, 3.8) is 0 Å². The number of nitrogens with one attached hydrogen (secondary N) is 1. The monoisotopic (exact) mass is 242 g/mol. The second kappa shape index (κ2) is 4.53. The van der Waals surface area contributed by atoms with E-state index >= 15 is 0 Å². The normalized spacial score (nSPS) is 15.7. The van der Waals surface area contributed by atoms with E-state index < -0.39 is 0 Å². The lowest BCUT2D eigenvalue weighted by Crippen LogP contribution is -2.30. The van der Waals surface area contributed by atoms with Crippen molar-refractivity contribution < 1.29 is 0 Å². The fourth-order valence-electron chi connectivity index (χ4n) is 2.48. The van der Waals surface area contributed by atoms with Crippen LogP contribution in [0.1, 0.15) is 28.5 Å². The van der Waals surface area contributed by atoms with Gasteiger partial charge in [-0.1, -0.05) is 6.07 Å². The molecule has 1 aliphatic rings. The highest BCUT2D eigenvalue weighted by atomic mass is 15.2. The van der Waals surface area contributed by atoms with Crippen LogP contribution in [0.25, 0.3) is 0 Å². The van der Waals surface area contributed by atoms with E-state index in [9.17, 15) is 0 Å². The van der Waals surface area contributed by atoms with Crippen molar-refractivity contribution in [3.8, 4) is 0 Å². The molecule has 4 nitrogen and oxygen atoms in total. The molecule has 4 heteroatoms. The molecule has 2 aromatic rings. The highest BCUT2D eigenvalue weighted by Gasteiger charge is 2.19. The first-order valence-corrected chi connectivity index (χ1v) is 6.39. The Morgan fingerprint density at radius 3 is 3.00 bits per heavy atom. The van der Waals surface area contributed by atoms with Crippen LogP contribution in [-0.2, 0) is 19.5 Å². The largest absolute Gasteiger partial charge is 0.345 e. The maximum absolute atomic E-state index is 4.51. The lowest BCUT2D eigenvalue weighted by atomic mass is 10.1. The van der Waals surface area contributed by atoms with Crippen LogP contribution in [0.4, 0.5) is 0 Å². The number of hydrogen-bond acceptors (Lipinski definition) is 3. The van der Waals surface area contributed by atoms with Crippen LogP contribution in [0.2, 0.25) is 0 Å². The van der Waals surface area contributed by atoms with E-state index in [1.807, 2.05) is 20.0 Å². The highest BCUT2D eigenvalue weighted by Crippen LogP contribution is 2.18. The van der Waals surface area contributed by atoms with Crippen LogP contribution in [0.5, 0.6) is 0 Å². The maximum atomic E-state index is 4.51. The van der Waals surface area contributed by atoms with Crippen molar-refractivity contribution in [2.24, 2.45) is 0 Å². The molecule has 94 valence electrons. The number of aromatic amines is 1. The summed E-state index contributed by atoms with van der Waals surface area (Å²) in [6, 6.07) is 4.24. The van der Waals surface area contributed by atoms with E-state index in [1.54, 1.807) is 0 Å². The van der Waals surface area contributed by atoms with Crippen molar-refractivity contribution >= 4 is 0 Å². The molecule has 1 N–H and O–H groups in total. The Labute approximate surface area is 107 Å². The minimum atomic E-state index is 0.962. The van der Waals surface area contributed by atoms with Gasteiger partial charge in [0, 0.05) is 37.9 Å². The van der Waals surface area contributed by atoms with E-state index in [1.165, 1.54) is 17.0 Å². The van der Waals surface area contributed by atoms with Crippen LogP contribution in [0.3, 0.4) is 0 Å². The Kier molecular flexibility index (Phi) is 2.88. The van der Waals surface area contributed by atoms with Crippen molar-refractivity contribution in [3.05, 3.63) is 46.8 Å². The summed E-state index contributed by atoms with van der Waals surface area (Å²) in [5, 5.41) is 0. The van der Waals surface area contributed by atoms with E-state index in [0.717, 1.165) is 37.6 Å². The van der Waals surface area contributed by atoms with E-state index in [2.05, 4.69) is 32.0 Å². The van der Waals surface area contributed by atoms with Gasteiger partial charge in [-0.15, -0.1) is 0 Å². The molecule has 0 bridgehead atoms. The van der Waals surface area contributed by atoms with Gasteiger partial charge < -0.3 is 4.98 Å². The van der Waals surface area contributed by atoms with E-state index in [4.69, 9.17) is 0 Å². The zero-order chi connectivity index (χ0) is 12.5. The molecule has 3 rings (SSSR count). The molecule has 0 aliphatic carbocycles. The predicted octanol–water partition coefficient (Wildman–Crippen LogP) is 1.98. The predicted molar refractivity (Wildman–Crippen MR) is 70.1 cm³/mol. The summed E-state index contributed by atoms with van der Waals surface area (Å²) in [6.07, 6.45) is 3.02. The maximum Gasteiger partial charge on any atom is 0.103 e. The minimum Gasteiger partial charge on any atom is -0.345 e. The number of rotatable bonds is 2. The number of imidazole rings is 1. The standard InChI is InChI=1S/C14H18N4/c1-10-3-4-12(7-15-10)8-18-6-5-13-14(9-18)17-11(2)16-13/h3-4,7H,5-6,8-9H2,1-2H3,(H,16,17). The Bertz CT molecular complexity index is 541. The SMILES string of the molecule is Cc1ccc(CN2CCc3nc(C)[nH]c3C2)cn1. The summed E-state index contributed by atoms with van der Waals surface area (Å²) in [7, 11) is 0. The number of nitrogens with zero attached hydrogens (tertiary/aromatic N) is 3. The lowest BCUT2D eigenvalue weighted by Gasteiger charge is -2.25. The first-order chi connectivity index (χ1) is 8.70. The Balaban J connectivity index is 1.70. The smallest absolute Gasteiger partial charge is 0.103 e. The first-order valence-electron chi connectivity index (χ1n) is 6.39. The zero-order valence-corrected chi connectivity index (χ0v) is 10.9. The van der Waals surface area contributed by atoms with Gasteiger partial charge in [-0.25, -0.2) is 4.98 Å². The molecule has 0 atom stereocenters. The summed E-state index contributed by atoms with van der Waals surface area (Å²) in [5.74, 6) is 1.03. The molecule has 0 radical (unpaired) electrons. The number of aryl methyl sites for hydroxylation is 2. The van der Waals surface area contributed by atoms with Crippen molar-refractivity contribution in [1.82, 2.24) is 19.9 Å². The lowest BCUT2D eigenvalue weighted by molar-refractivity contribution is 0.241. The topological polar surface area (TPSA) is 44.8 Å². The van der Waals surface area contributed by atoms with Crippen molar-refractivity contribution in [2.75, 3.05) is 6.54 Å². The number of hydrogen-bond donors (Lipinski definition) is 1. The average Bonchev–Trinajstić information content (AvgIpc) is 2.71. The third-order valence-electron chi connectivity index (χ3n) is 3.41. The fourth-order valence-corrected chi connectivity index (χ4v) is 2.48. The van der Waals surface area contributed by atoms with E-state index in [0.29, 0.717) is 0 Å². The summed E-state index contributed by atoms with van der Waals surface area (Å²) >= 11 is 0. The molecule has 0 unspecified atom stereocenters. The number of pyridine rings is 1. The molecule has 0 saturated heterocycles. The summed E-state index contributed by atoms with van der Waals surface area (Å²) < 4.78 is 0. The van der Waals surface area contributed by atoms with Crippen molar-refractivity contribution in [1.29, 1.82) is 0 Å². The van der Waals surface area contributed by atoms with Gasteiger partial charge >= 0.3 is 0 Å². The first kappa shape index (κ1) is 11.4. The van der Waals surface area contributed by atoms with Crippen LogP contribution < -0.4 is 0 Å². The van der Waals surface area contributed by atoms with Gasteiger partial charge in [0.05, 0.1) is 11.4 Å². The number of H-pyrrole nitrogens is 1. The highest BCUT2D eigenvalue weighted by molar-refractivity contribution is 5.19. The van der Waals surface area contributed by atoms with Crippen LogP contribution in [-0.4, -0.2) is 26.4 Å². The van der Waals surface area contributed by atoms with Gasteiger partial charge in [0.1, 0.15) is 5.82 Å². The average molecular weight is 242 g/mol. The Morgan fingerprint density at radius 1 is 1.33 bits per heavy atom. The Morgan fingerprint density at radius 2 is 2.22 bits per heavy atom. The van der Waals surface area contributed by atoms with Crippen LogP contribution >= 0.6 is 0 Å². The van der Waals surface area contributed by atoms with Gasteiger partial charge in [0.25, 0.3) is 0 Å². The summed E-state index contributed by atoms with van der Waals surface area (Å²) in [6.45, 7) is 7.04. The molecule has 0 spiro atoms. The molecule has 18 heavy (non-hydrogen) atoms. The molecule has 3 heterocycles. The van der Waals surface area contributed by atoms with Gasteiger partial charge in [0.15, 0.2) is 0 Å². The molecule has 0 fully saturated rings. The number of aromatic nitrogens is 3. The molecule has 1 aliphatic heterocycles. The quantitative estimate of drug-likeness (QED) is 0.875. The van der Waals surface area contributed by atoms with E-state index in [-0.39, 0.29) is 0 Å². The van der Waals surface area contributed by atoms with Crippen molar-refractivity contribution in [2.45, 2.75) is 33.4 Å². The second-order valence-electron chi connectivity index (χ2n) is 5.02. The number of fused-ring (bicyclic) bond motifs is 1. The van der Waals surface area contributed by atoms with Crippen LogP contribution in [0.15, 0.2) is 18.3 Å².